The van der Waals surface area contributed by atoms with Crippen LogP contribution in [0.1, 0.15) is 0 Å². The minimum atomic E-state index is -3.22. The lowest BCUT2D eigenvalue weighted by atomic mass is 10.4. The van der Waals surface area contributed by atoms with Crippen molar-refractivity contribution in [3.63, 3.8) is 0 Å². The third-order valence-electron chi connectivity index (χ3n) is 2.36. The molecule has 1 saturated heterocycles. The lowest BCUT2D eigenvalue weighted by Gasteiger charge is -2.32. The highest BCUT2D eigenvalue weighted by Crippen LogP contribution is 2.05. The van der Waals surface area contributed by atoms with E-state index in [2.05, 4.69) is 5.32 Å². The smallest absolute Gasteiger partial charge is 0.322 e. The first kappa shape index (κ1) is 14.2. The Morgan fingerprint density at radius 3 is 2.18 bits per heavy atom. The molecule has 0 atom stereocenters. The fourth-order valence-corrected chi connectivity index (χ4v) is 2.35. The third-order valence-corrected chi connectivity index (χ3v) is 3.91. The molecule has 0 bridgehead atoms. The predicted molar refractivity (Wildman–Crippen MR) is 62.2 cm³/mol. The molecule has 1 aliphatic heterocycles. The molecule has 98 valence electrons. The molecule has 0 radical (unpaired) electrons. The van der Waals surface area contributed by atoms with Crippen LogP contribution < -0.4 is 5.32 Å². The Morgan fingerprint density at radius 2 is 1.76 bits per heavy atom. The molecule has 0 aromatic rings. The van der Waals surface area contributed by atoms with E-state index in [0.29, 0.717) is 0 Å². The molecule has 7 nitrogen and oxygen atoms in total. The quantitative estimate of drug-likeness (QED) is 0.661. The van der Waals surface area contributed by atoms with Crippen LogP contribution in [0.25, 0.3) is 0 Å². The van der Waals surface area contributed by atoms with E-state index in [9.17, 15) is 18.0 Å². The average Bonchev–Trinajstić information content (AvgIpc) is 2.27. The monoisotopic (exact) mass is 283 g/mol. The number of alkyl halides is 1. The first-order valence-corrected chi connectivity index (χ1v) is 7.32. The molecular formula is C8H14ClN3O4S. The summed E-state index contributed by atoms with van der Waals surface area (Å²) in [6.07, 6.45) is 1.12. The van der Waals surface area contributed by atoms with Gasteiger partial charge in [0.25, 0.3) is 0 Å². The number of carbonyl (C=O) groups is 2. The highest BCUT2D eigenvalue weighted by Gasteiger charge is 2.26. The van der Waals surface area contributed by atoms with Gasteiger partial charge in [-0.3, -0.25) is 10.1 Å². The van der Waals surface area contributed by atoms with Gasteiger partial charge in [-0.25, -0.2) is 13.2 Å². The van der Waals surface area contributed by atoms with E-state index < -0.39 is 22.0 Å². The van der Waals surface area contributed by atoms with Crippen LogP contribution in [0.5, 0.6) is 0 Å². The Kier molecular flexibility index (Phi) is 4.72. The van der Waals surface area contributed by atoms with E-state index in [0.717, 1.165) is 6.26 Å². The average molecular weight is 284 g/mol. The number of carbonyl (C=O) groups excluding carboxylic acids is 2. The molecular weight excluding hydrogens is 270 g/mol. The van der Waals surface area contributed by atoms with Crippen molar-refractivity contribution < 1.29 is 18.0 Å². The van der Waals surface area contributed by atoms with E-state index in [1.165, 1.54) is 9.21 Å². The van der Waals surface area contributed by atoms with E-state index in [1.54, 1.807) is 0 Å². The van der Waals surface area contributed by atoms with Crippen molar-refractivity contribution in [2.45, 2.75) is 0 Å². The van der Waals surface area contributed by atoms with Crippen molar-refractivity contribution in [2.75, 3.05) is 38.3 Å². The molecule has 1 rings (SSSR count). The number of piperazine rings is 1. The summed E-state index contributed by atoms with van der Waals surface area (Å²) in [6, 6.07) is -0.538. The summed E-state index contributed by atoms with van der Waals surface area (Å²) in [6.45, 7) is 0.992. The molecule has 0 unspecified atom stereocenters. The Hall–Kier alpha value is -0.860. The van der Waals surface area contributed by atoms with Crippen LogP contribution in [0.4, 0.5) is 4.79 Å². The summed E-state index contributed by atoms with van der Waals surface area (Å²) >= 11 is 5.25. The minimum Gasteiger partial charge on any atom is -0.322 e. The van der Waals surface area contributed by atoms with Gasteiger partial charge < -0.3 is 4.90 Å². The van der Waals surface area contributed by atoms with Gasteiger partial charge in [-0.15, -0.1) is 11.6 Å². The maximum absolute atomic E-state index is 11.5. The van der Waals surface area contributed by atoms with Gasteiger partial charge in [-0.1, -0.05) is 0 Å². The van der Waals surface area contributed by atoms with Crippen LogP contribution in [0.15, 0.2) is 0 Å². The maximum Gasteiger partial charge on any atom is 0.324 e. The van der Waals surface area contributed by atoms with Crippen LogP contribution in [0.2, 0.25) is 0 Å². The van der Waals surface area contributed by atoms with Crippen LogP contribution >= 0.6 is 11.6 Å². The van der Waals surface area contributed by atoms with Crippen molar-refractivity contribution in [1.82, 2.24) is 14.5 Å². The van der Waals surface area contributed by atoms with Crippen molar-refractivity contribution >= 4 is 33.6 Å². The lowest BCUT2D eigenvalue weighted by molar-refractivity contribution is -0.117. The van der Waals surface area contributed by atoms with Crippen molar-refractivity contribution in [3.8, 4) is 0 Å². The second-order valence-electron chi connectivity index (χ2n) is 3.64. The number of imide groups is 1. The molecule has 0 aromatic carbocycles. The summed E-state index contributed by atoms with van der Waals surface area (Å²) in [5.41, 5.74) is 0. The molecule has 0 spiro atoms. The van der Waals surface area contributed by atoms with Crippen molar-refractivity contribution in [3.05, 3.63) is 0 Å². The number of hydrogen-bond donors (Lipinski definition) is 1. The van der Waals surface area contributed by atoms with Gasteiger partial charge in [0.2, 0.25) is 15.9 Å². The van der Waals surface area contributed by atoms with Crippen molar-refractivity contribution in [2.24, 2.45) is 0 Å². The number of nitrogens with zero attached hydrogens (tertiary/aromatic N) is 2. The predicted octanol–water partition coefficient (Wildman–Crippen LogP) is -0.961. The zero-order valence-electron chi connectivity index (χ0n) is 9.35. The van der Waals surface area contributed by atoms with Gasteiger partial charge >= 0.3 is 6.03 Å². The first-order valence-electron chi connectivity index (χ1n) is 4.94. The Morgan fingerprint density at radius 1 is 1.24 bits per heavy atom. The van der Waals surface area contributed by atoms with Gasteiger partial charge in [-0.05, 0) is 0 Å². The topological polar surface area (TPSA) is 86.8 Å². The lowest BCUT2D eigenvalue weighted by Crippen LogP contribution is -2.53. The highest BCUT2D eigenvalue weighted by molar-refractivity contribution is 7.88. The maximum atomic E-state index is 11.5. The van der Waals surface area contributed by atoms with Gasteiger partial charge in [0.05, 0.1) is 6.26 Å². The minimum absolute atomic E-state index is 0.237. The van der Waals surface area contributed by atoms with E-state index in [4.69, 9.17) is 11.6 Å². The van der Waals surface area contributed by atoms with Gasteiger partial charge in [0.1, 0.15) is 5.88 Å². The normalized spacial score (nSPS) is 17.9. The second kappa shape index (κ2) is 5.65. The van der Waals surface area contributed by atoms with E-state index >= 15 is 0 Å². The fraction of sp³-hybridized carbons (Fsp3) is 0.750. The largest absolute Gasteiger partial charge is 0.324 e. The van der Waals surface area contributed by atoms with Gasteiger partial charge in [0, 0.05) is 26.2 Å². The Balaban J connectivity index is 2.47. The molecule has 0 aromatic heterocycles. The first-order chi connectivity index (χ1) is 7.84. The number of urea groups is 1. The molecule has 1 heterocycles. The number of hydrogen-bond acceptors (Lipinski definition) is 4. The summed E-state index contributed by atoms with van der Waals surface area (Å²) in [4.78, 5) is 23.8. The summed E-state index contributed by atoms with van der Waals surface area (Å²) < 4.78 is 23.7. The van der Waals surface area contributed by atoms with Crippen LogP contribution in [-0.4, -0.2) is 67.9 Å². The molecule has 9 heteroatoms. The number of halogens is 1. The SMILES string of the molecule is CS(=O)(=O)N1CCN(C(=O)NC(=O)CCl)CC1. The number of sulfonamides is 1. The molecule has 1 aliphatic rings. The van der Waals surface area contributed by atoms with Crippen LogP contribution in [0.3, 0.4) is 0 Å². The molecule has 17 heavy (non-hydrogen) atoms. The Bertz CT molecular complexity index is 403. The highest BCUT2D eigenvalue weighted by atomic mass is 35.5. The third kappa shape index (κ3) is 4.14. The fourth-order valence-electron chi connectivity index (χ4n) is 1.45. The number of nitrogens with one attached hydrogen (secondary N) is 1. The van der Waals surface area contributed by atoms with Crippen LogP contribution in [-0.2, 0) is 14.8 Å². The number of amides is 3. The molecule has 1 N–H and O–H groups in total. The Labute approximate surface area is 105 Å². The number of rotatable bonds is 2. The standard InChI is InChI=1S/C8H14ClN3O4S/c1-17(15,16)12-4-2-11(3-5-12)8(14)10-7(13)6-9/h2-6H2,1H3,(H,10,13,14). The molecule has 0 saturated carbocycles. The molecule has 1 fully saturated rings. The van der Waals surface area contributed by atoms with E-state index in [-0.39, 0.29) is 32.1 Å². The van der Waals surface area contributed by atoms with Crippen molar-refractivity contribution in [1.29, 1.82) is 0 Å². The summed E-state index contributed by atoms with van der Waals surface area (Å²) in [5, 5.41) is 2.10. The van der Waals surface area contributed by atoms with Gasteiger partial charge in [-0.2, -0.15) is 4.31 Å². The van der Waals surface area contributed by atoms with Gasteiger partial charge in [0.15, 0.2) is 0 Å². The molecule has 0 aliphatic carbocycles. The summed E-state index contributed by atoms with van der Waals surface area (Å²) in [5.74, 6) is -0.850. The zero-order chi connectivity index (χ0) is 13.1. The van der Waals surface area contributed by atoms with E-state index in [1.807, 2.05) is 0 Å². The zero-order valence-corrected chi connectivity index (χ0v) is 10.9. The summed E-state index contributed by atoms with van der Waals surface area (Å²) in [7, 11) is -3.22. The van der Waals surface area contributed by atoms with Crippen LogP contribution in [0, 0.1) is 0 Å². The second-order valence-corrected chi connectivity index (χ2v) is 5.89. The molecule has 3 amide bonds.